The average Bonchev–Trinajstić information content (AvgIpc) is 2.47. The fourth-order valence-electron chi connectivity index (χ4n) is 1.89. The molecule has 106 valence electrons. The summed E-state index contributed by atoms with van der Waals surface area (Å²) in [5.74, 6) is 1.78. The van der Waals surface area contributed by atoms with Gasteiger partial charge in [-0.2, -0.15) is 0 Å². The molecule has 1 aromatic heterocycles. The van der Waals surface area contributed by atoms with Crippen LogP contribution in [0.15, 0.2) is 30.3 Å². The van der Waals surface area contributed by atoms with E-state index >= 15 is 0 Å². The number of nitrogens with one attached hydrogen (secondary N) is 1. The first-order valence-electron chi connectivity index (χ1n) is 6.51. The van der Waals surface area contributed by atoms with Crippen LogP contribution in [0.2, 0.25) is 0 Å². The predicted molar refractivity (Wildman–Crippen MR) is 84.1 cm³/mol. The number of anilines is 1. The first kappa shape index (κ1) is 14.7. The maximum Gasteiger partial charge on any atom is 0.315 e. The topological polar surface area (TPSA) is 51.2 Å². The maximum absolute atomic E-state index is 11.2. The van der Waals surface area contributed by atoms with E-state index in [-0.39, 0.29) is 5.97 Å². The van der Waals surface area contributed by atoms with Crippen LogP contribution in [0.1, 0.15) is 12.5 Å². The zero-order valence-corrected chi connectivity index (χ0v) is 12.5. The molecule has 2 aromatic rings. The molecule has 0 bridgehead atoms. The number of carbonyl (C=O) groups excluding carboxylic acids is 1. The van der Waals surface area contributed by atoms with Crippen molar-refractivity contribution >= 4 is 34.5 Å². The largest absolute Gasteiger partial charge is 0.468 e. The van der Waals surface area contributed by atoms with Crippen molar-refractivity contribution in [3.05, 3.63) is 35.9 Å². The van der Waals surface area contributed by atoms with Crippen LogP contribution < -0.4 is 5.32 Å². The molecular formula is C15H18N2O2S. The molecule has 5 heteroatoms. The second kappa shape index (κ2) is 7.14. The third-order valence-electron chi connectivity index (χ3n) is 2.85. The number of hydrogen-bond donors (Lipinski definition) is 1. The van der Waals surface area contributed by atoms with Crippen molar-refractivity contribution in [3.63, 3.8) is 0 Å². The van der Waals surface area contributed by atoms with E-state index in [9.17, 15) is 4.79 Å². The maximum atomic E-state index is 11.2. The molecule has 0 radical (unpaired) electrons. The van der Waals surface area contributed by atoms with Crippen molar-refractivity contribution in [2.75, 3.05) is 24.7 Å². The number of benzene rings is 1. The minimum Gasteiger partial charge on any atom is -0.468 e. The molecule has 1 N–H and O–H groups in total. The molecule has 20 heavy (non-hydrogen) atoms. The Labute approximate surface area is 122 Å². The first-order valence-corrected chi connectivity index (χ1v) is 7.67. The summed E-state index contributed by atoms with van der Waals surface area (Å²) in [4.78, 5) is 15.8. The molecular weight excluding hydrogens is 272 g/mol. The molecule has 1 heterocycles. The molecule has 0 saturated heterocycles. The monoisotopic (exact) mass is 290 g/mol. The van der Waals surface area contributed by atoms with E-state index in [1.165, 1.54) is 18.9 Å². The smallest absolute Gasteiger partial charge is 0.315 e. The Morgan fingerprint density at radius 3 is 2.95 bits per heavy atom. The van der Waals surface area contributed by atoms with Crippen LogP contribution in [-0.2, 0) is 15.3 Å². The molecule has 0 amide bonds. The lowest BCUT2D eigenvalue weighted by atomic mass is 10.1. The van der Waals surface area contributed by atoms with Gasteiger partial charge in [0, 0.05) is 23.2 Å². The summed E-state index contributed by atoms with van der Waals surface area (Å²) in [6, 6.07) is 10.2. The third-order valence-corrected chi connectivity index (χ3v) is 3.81. The summed E-state index contributed by atoms with van der Waals surface area (Å²) < 4.78 is 4.65. The van der Waals surface area contributed by atoms with Crippen molar-refractivity contribution in [3.8, 4) is 0 Å². The number of thioether (sulfide) groups is 1. The van der Waals surface area contributed by atoms with Crippen LogP contribution in [0.25, 0.3) is 10.9 Å². The van der Waals surface area contributed by atoms with Gasteiger partial charge in [-0.25, -0.2) is 4.98 Å². The summed E-state index contributed by atoms with van der Waals surface area (Å²) in [5.41, 5.74) is 2.09. The van der Waals surface area contributed by atoms with Gasteiger partial charge < -0.3 is 10.1 Å². The number of nitrogens with zero attached hydrogens (tertiary/aromatic N) is 1. The molecule has 2 rings (SSSR count). The van der Waals surface area contributed by atoms with Crippen LogP contribution in [-0.4, -0.2) is 30.4 Å². The van der Waals surface area contributed by atoms with Gasteiger partial charge in [-0.3, -0.25) is 4.79 Å². The number of fused-ring (bicyclic) bond motifs is 1. The standard InChI is InChI=1S/C15H18N2O2S/c1-3-16-15-12(9-20-10-14(18)19-2)8-11-6-4-5-7-13(11)17-15/h4-8H,3,9-10H2,1-2H3,(H,16,17). The van der Waals surface area contributed by atoms with Crippen LogP contribution in [0.4, 0.5) is 5.82 Å². The number of ether oxygens (including phenoxy) is 1. The number of rotatable bonds is 6. The van der Waals surface area contributed by atoms with Gasteiger partial charge in [-0.15, -0.1) is 11.8 Å². The molecule has 0 aliphatic carbocycles. The van der Waals surface area contributed by atoms with E-state index in [1.54, 1.807) is 0 Å². The van der Waals surface area contributed by atoms with Crippen molar-refractivity contribution in [1.82, 2.24) is 4.98 Å². The average molecular weight is 290 g/mol. The van der Waals surface area contributed by atoms with E-state index in [1.807, 2.05) is 31.2 Å². The highest BCUT2D eigenvalue weighted by atomic mass is 32.2. The Hall–Kier alpha value is -1.75. The zero-order chi connectivity index (χ0) is 14.4. The highest BCUT2D eigenvalue weighted by Crippen LogP contribution is 2.24. The van der Waals surface area contributed by atoms with Crippen LogP contribution >= 0.6 is 11.8 Å². The van der Waals surface area contributed by atoms with Crippen molar-refractivity contribution in [2.45, 2.75) is 12.7 Å². The zero-order valence-electron chi connectivity index (χ0n) is 11.7. The van der Waals surface area contributed by atoms with Crippen molar-refractivity contribution in [2.24, 2.45) is 0 Å². The molecule has 0 atom stereocenters. The quantitative estimate of drug-likeness (QED) is 0.829. The Morgan fingerprint density at radius 2 is 2.20 bits per heavy atom. The summed E-state index contributed by atoms with van der Waals surface area (Å²) in [6.07, 6.45) is 0. The number of methoxy groups -OCH3 is 1. The van der Waals surface area contributed by atoms with Gasteiger partial charge in [0.1, 0.15) is 5.82 Å². The summed E-state index contributed by atoms with van der Waals surface area (Å²) in [7, 11) is 1.41. The molecule has 0 fully saturated rings. The molecule has 0 aliphatic rings. The summed E-state index contributed by atoms with van der Waals surface area (Å²) >= 11 is 1.53. The van der Waals surface area contributed by atoms with E-state index in [0.29, 0.717) is 5.75 Å². The predicted octanol–water partition coefficient (Wildman–Crippen LogP) is 3.07. The van der Waals surface area contributed by atoms with Gasteiger partial charge in [-0.05, 0) is 19.1 Å². The molecule has 0 unspecified atom stereocenters. The number of para-hydroxylation sites is 1. The van der Waals surface area contributed by atoms with E-state index in [2.05, 4.69) is 21.1 Å². The SMILES string of the molecule is CCNc1nc2ccccc2cc1CSCC(=O)OC. The lowest BCUT2D eigenvalue weighted by Crippen LogP contribution is -2.06. The van der Waals surface area contributed by atoms with Gasteiger partial charge in [-0.1, -0.05) is 18.2 Å². The van der Waals surface area contributed by atoms with Crippen molar-refractivity contribution < 1.29 is 9.53 Å². The van der Waals surface area contributed by atoms with E-state index < -0.39 is 0 Å². The highest BCUT2D eigenvalue weighted by Gasteiger charge is 2.08. The Bertz CT molecular complexity index is 601. The molecule has 0 spiro atoms. The first-order chi connectivity index (χ1) is 9.74. The van der Waals surface area contributed by atoms with E-state index in [0.717, 1.165) is 34.6 Å². The minimum atomic E-state index is -0.200. The lowest BCUT2D eigenvalue weighted by molar-refractivity contribution is -0.137. The molecule has 0 saturated carbocycles. The van der Waals surface area contributed by atoms with Crippen molar-refractivity contribution in [1.29, 1.82) is 0 Å². The van der Waals surface area contributed by atoms with Gasteiger partial charge in [0.05, 0.1) is 18.4 Å². The minimum absolute atomic E-state index is 0.200. The summed E-state index contributed by atoms with van der Waals surface area (Å²) in [6.45, 7) is 2.86. The molecule has 4 nitrogen and oxygen atoms in total. The Morgan fingerprint density at radius 1 is 1.40 bits per heavy atom. The molecule has 1 aromatic carbocycles. The Balaban J connectivity index is 2.20. The van der Waals surface area contributed by atoms with Crippen LogP contribution in [0, 0.1) is 0 Å². The molecule has 0 aliphatic heterocycles. The number of aromatic nitrogens is 1. The third kappa shape index (κ3) is 3.63. The fourth-order valence-corrected chi connectivity index (χ4v) is 2.72. The van der Waals surface area contributed by atoms with Gasteiger partial charge in [0.15, 0.2) is 0 Å². The fraction of sp³-hybridized carbons (Fsp3) is 0.333. The lowest BCUT2D eigenvalue weighted by Gasteiger charge is -2.11. The Kier molecular flexibility index (Phi) is 5.24. The highest BCUT2D eigenvalue weighted by molar-refractivity contribution is 7.99. The van der Waals surface area contributed by atoms with Gasteiger partial charge in [0.2, 0.25) is 0 Å². The second-order valence-electron chi connectivity index (χ2n) is 4.29. The normalized spacial score (nSPS) is 10.5. The van der Waals surface area contributed by atoms with Gasteiger partial charge >= 0.3 is 5.97 Å². The number of carbonyl (C=O) groups is 1. The van der Waals surface area contributed by atoms with Gasteiger partial charge in [0.25, 0.3) is 0 Å². The summed E-state index contributed by atoms with van der Waals surface area (Å²) in [5, 5.41) is 4.39. The number of hydrogen-bond acceptors (Lipinski definition) is 5. The number of pyridine rings is 1. The van der Waals surface area contributed by atoms with Crippen LogP contribution in [0.3, 0.4) is 0 Å². The van der Waals surface area contributed by atoms with Crippen LogP contribution in [0.5, 0.6) is 0 Å². The number of esters is 1. The second-order valence-corrected chi connectivity index (χ2v) is 5.27. The van der Waals surface area contributed by atoms with E-state index in [4.69, 9.17) is 0 Å².